The van der Waals surface area contributed by atoms with Crippen molar-refractivity contribution < 1.29 is 32.5 Å². The van der Waals surface area contributed by atoms with Gasteiger partial charge in [0.05, 0.1) is 79.3 Å². The quantitative estimate of drug-likeness (QED) is 0.0190. The molecule has 0 atom stereocenters. The normalized spacial score (nSPS) is 11.7. The lowest BCUT2D eigenvalue weighted by atomic mass is 10.3. The van der Waals surface area contributed by atoms with Gasteiger partial charge in [-0.25, -0.2) is 19.9 Å². The zero-order valence-corrected chi connectivity index (χ0v) is 31.9. The van der Waals surface area contributed by atoms with Crippen molar-refractivity contribution in [3.8, 4) is 0 Å². The second-order valence-electron chi connectivity index (χ2n) is 11.8. The molecule has 17 nitrogen and oxygen atoms in total. The van der Waals surface area contributed by atoms with Crippen molar-refractivity contribution in [3.05, 3.63) is 62.6 Å². The molecule has 0 spiro atoms. The Kier molecular flexibility index (Phi) is 22.6. The highest BCUT2D eigenvalue weighted by atomic mass is 32.2. The zero-order valence-electron chi connectivity index (χ0n) is 29.1. The van der Waals surface area contributed by atoms with E-state index in [4.69, 9.17) is 43.6 Å². The van der Waals surface area contributed by atoms with Gasteiger partial charge in [-0.2, -0.15) is 0 Å². The van der Waals surface area contributed by atoms with E-state index in [1.807, 2.05) is 12.4 Å². The van der Waals surface area contributed by atoms with E-state index in [-0.39, 0.29) is 0 Å². The Morgan fingerprint density at radius 2 is 1.04 bits per heavy atom. The van der Waals surface area contributed by atoms with Gasteiger partial charge in [0.15, 0.2) is 21.8 Å². The first-order valence-electron chi connectivity index (χ1n) is 16.1. The van der Waals surface area contributed by atoms with E-state index in [2.05, 4.69) is 66.2 Å². The van der Waals surface area contributed by atoms with Crippen molar-refractivity contribution in [2.45, 2.75) is 57.0 Å². The summed E-state index contributed by atoms with van der Waals surface area (Å²) in [5.74, 6) is 0.806. The third-order valence-corrected chi connectivity index (χ3v) is 16.0. The van der Waals surface area contributed by atoms with E-state index >= 15 is 0 Å². The second-order valence-corrected chi connectivity index (χ2v) is 21.9. The van der Waals surface area contributed by atoms with Gasteiger partial charge in [-0.15, -0.1) is 0 Å². The minimum absolute atomic E-state index is 0.319. The molecular formula is C29H50N10O7SSi2. The average molecular weight is 739 g/mol. The fourth-order valence-electron chi connectivity index (χ4n) is 4.12. The van der Waals surface area contributed by atoms with Gasteiger partial charge in [0.25, 0.3) is 0 Å². The van der Waals surface area contributed by atoms with Crippen LogP contribution in [0, 0.1) is 0 Å². The van der Waals surface area contributed by atoms with Crippen molar-refractivity contribution in [2.24, 2.45) is 10.2 Å². The molecule has 0 saturated heterocycles. The Morgan fingerprint density at radius 3 is 1.51 bits per heavy atom. The maximum Gasteiger partial charge on any atom is 0.187 e. The van der Waals surface area contributed by atoms with Gasteiger partial charge in [-0.1, -0.05) is 22.0 Å². The maximum absolute atomic E-state index is 8.21. The van der Waals surface area contributed by atoms with Crippen LogP contribution in [0.5, 0.6) is 0 Å². The molecule has 272 valence electrons. The molecule has 0 unspecified atom stereocenters. The van der Waals surface area contributed by atoms with Gasteiger partial charge < -0.3 is 32.5 Å². The summed E-state index contributed by atoms with van der Waals surface area (Å²) in [5, 5.41) is 8.38. The lowest BCUT2D eigenvalue weighted by Gasteiger charge is -2.33. The fourth-order valence-corrected chi connectivity index (χ4v) is 14.3. The molecule has 0 saturated carbocycles. The largest absolute Gasteiger partial charge is 0.455 e. The number of thioether (sulfide) groups is 1. The van der Waals surface area contributed by atoms with Crippen molar-refractivity contribution in [3.63, 3.8) is 0 Å². The third-order valence-electron chi connectivity index (χ3n) is 6.32. The Morgan fingerprint density at radius 1 is 0.612 bits per heavy atom. The molecule has 0 aliphatic heterocycles. The van der Waals surface area contributed by atoms with E-state index in [1.165, 1.54) is 0 Å². The van der Waals surface area contributed by atoms with Crippen molar-refractivity contribution in [1.29, 1.82) is 0 Å². The summed E-state index contributed by atoms with van der Waals surface area (Å²) in [6.45, 7) is 14.9. The van der Waals surface area contributed by atoms with E-state index in [0.29, 0.717) is 92.4 Å². The van der Waals surface area contributed by atoms with Crippen LogP contribution in [0.2, 0.25) is 32.2 Å². The molecular weight excluding hydrogens is 689 g/mol. The molecule has 2 aromatic rings. The third kappa shape index (κ3) is 22.6. The van der Waals surface area contributed by atoms with Crippen LogP contribution in [-0.2, 0) is 52.2 Å². The van der Waals surface area contributed by atoms with Gasteiger partial charge in [-0.3, -0.25) is 0 Å². The summed E-state index contributed by atoms with van der Waals surface area (Å²) in [5.41, 5.74) is 18.2. The van der Waals surface area contributed by atoms with Crippen LogP contribution < -0.4 is 0 Å². The van der Waals surface area contributed by atoms with Crippen LogP contribution in [0.25, 0.3) is 20.9 Å². The number of azide groups is 2. The van der Waals surface area contributed by atoms with E-state index in [9.17, 15) is 0 Å². The Labute approximate surface area is 294 Å². The Balaban J connectivity index is 1.57. The standard InChI is InChI=1S/C29H50N10O7SSi2/c1-48(2,18-5-28-32-19-26(20-33-28)23-44-16-14-42-12-10-40-8-6-36-38-30)46-49(3,4)25-47-29-34-21-27(22-35-29)24-45-17-15-43-13-11-41-9-7-37-39-31/h19-22H,5-18,23-25H2,1-4H3. The van der Waals surface area contributed by atoms with Crippen molar-refractivity contribution in [2.75, 3.05) is 84.5 Å². The molecule has 0 aromatic carbocycles. The number of aryl methyl sites for hydroxylation is 1. The van der Waals surface area contributed by atoms with Crippen LogP contribution in [0.4, 0.5) is 0 Å². The summed E-state index contributed by atoms with van der Waals surface area (Å²) in [6, 6.07) is 0.930. The smallest absolute Gasteiger partial charge is 0.187 e. The van der Waals surface area contributed by atoms with Crippen LogP contribution >= 0.6 is 11.8 Å². The van der Waals surface area contributed by atoms with E-state index < -0.39 is 16.6 Å². The first-order valence-corrected chi connectivity index (χ1v) is 23.4. The first kappa shape index (κ1) is 42.5. The summed E-state index contributed by atoms with van der Waals surface area (Å²) in [6.07, 6.45) is 7.99. The molecule has 20 heteroatoms. The van der Waals surface area contributed by atoms with Crippen LogP contribution in [-0.4, -0.2) is 121 Å². The molecule has 0 aliphatic carbocycles. The predicted octanol–water partition coefficient (Wildman–Crippen LogP) is 5.29. The number of hydrogen-bond acceptors (Lipinski definition) is 14. The van der Waals surface area contributed by atoms with Crippen LogP contribution in [0.1, 0.15) is 17.0 Å². The number of nitrogens with zero attached hydrogens (tertiary/aromatic N) is 10. The van der Waals surface area contributed by atoms with Gasteiger partial charge in [0.1, 0.15) is 5.82 Å². The summed E-state index contributed by atoms with van der Waals surface area (Å²) >= 11 is 1.63. The van der Waals surface area contributed by atoms with E-state index in [0.717, 1.165) is 39.9 Å². The molecule has 0 fully saturated rings. The zero-order chi connectivity index (χ0) is 35.5. The van der Waals surface area contributed by atoms with Gasteiger partial charge in [-0.05, 0) is 43.3 Å². The minimum atomic E-state index is -1.98. The molecule has 0 amide bonds. The van der Waals surface area contributed by atoms with Gasteiger partial charge in [0, 0.05) is 70.6 Å². The molecule has 0 radical (unpaired) electrons. The molecule has 0 bridgehead atoms. The molecule has 0 N–H and O–H groups in total. The van der Waals surface area contributed by atoms with Gasteiger partial charge >= 0.3 is 0 Å². The monoisotopic (exact) mass is 738 g/mol. The highest BCUT2D eigenvalue weighted by molar-refractivity contribution is 8.00. The number of ether oxygens (including phenoxy) is 6. The predicted molar refractivity (Wildman–Crippen MR) is 190 cm³/mol. The molecule has 2 aromatic heterocycles. The summed E-state index contributed by atoms with van der Waals surface area (Å²) < 4.78 is 39.6. The highest BCUT2D eigenvalue weighted by Gasteiger charge is 2.33. The average Bonchev–Trinajstić information content (AvgIpc) is 3.08. The minimum Gasteiger partial charge on any atom is -0.455 e. The number of aromatic nitrogens is 4. The molecule has 0 aliphatic rings. The molecule has 2 rings (SSSR count). The lowest BCUT2D eigenvalue weighted by Crippen LogP contribution is -2.46. The summed E-state index contributed by atoms with van der Waals surface area (Å²) in [4.78, 5) is 23.4. The Hall–Kier alpha value is -2.72. The SMILES string of the molecule is C[Si](C)(CCc1ncc(COCCOCCOCCN=[N+]=[N-])cn1)O[Si](C)(C)CSc1ncc(COCCOCCOCCN=[N+]=[N-])cn1. The summed E-state index contributed by atoms with van der Waals surface area (Å²) in [7, 11) is -3.94. The first-order chi connectivity index (χ1) is 23.7. The Bertz CT molecular complexity index is 1160. The van der Waals surface area contributed by atoms with E-state index in [1.54, 1.807) is 24.2 Å². The number of rotatable bonds is 30. The van der Waals surface area contributed by atoms with Crippen molar-refractivity contribution in [1.82, 2.24) is 19.9 Å². The van der Waals surface area contributed by atoms with Gasteiger partial charge in [0.2, 0.25) is 0 Å². The second kappa shape index (κ2) is 26.1. The molecule has 2 heterocycles. The van der Waals surface area contributed by atoms with Crippen LogP contribution in [0.15, 0.2) is 40.2 Å². The highest BCUT2D eigenvalue weighted by Crippen LogP contribution is 2.25. The van der Waals surface area contributed by atoms with Crippen molar-refractivity contribution >= 4 is 28.4 Å². The van der Waals surface area contributed by atoms with Crippen LogP contribution in [0.3, 0.4) is 0 Å². The number of hydrogen-bond donors (Lipinski definition) is 0. The fraction of sp³-hybridized carbons (Fsp3) is 0.724. The lowest BCUT2D eigenvalue weighted by molar-refractivity contribution is 0.0118. The maximum atomic E-state index is 8.21. The topological polar surface area (TPSA) is 214 Å². The molecule has 49 heavy (non-hydrogen) atoms.